The van der Waals surface area contributed by atoms with Gasteiger partial charge in [0.25, 0.3) is 0 Å². The predicted octanol–water partition coefficient (Wildman–Crippen LogP) is 1.40. The van der Waals surface area contributed by atoms with Gasteiger partial charge < -0.3 is 18.6 Å². The topological polar surface area (TPSA) is 84.8 Å². The highest BCUT2D eigenvalue weighted by Crippen LogP contribution is 2.22. The van der Waals surface area contributed by atoms with E-state index in [1.807, 2.05) is 4.90 Å². The Hall–Kier alpha value is -2.19. The van der Waals surface area contributed by atoms with Crippen LogP contribution in [0.5, 0.6) is 0 Å². The first kappa shape index (κ1) is 16.3. The number of ether oxygens (including phenoxy) is 1. The fourth-order valence-electron chi connectivity index (χ4n) is 3.40. The van der Waals surface area contributed by atoms with E-state index in [1.54, 1.807) is 18.4 Å². The molecule has 0 atom stereocenters. The Morgan fingerprint density at radius 2 is 2.00 bits per heavy atom. The van der Waals surface area contributed by atoms with E-state index in [4.69, 9.17) is 13.7 Å². The van der Waals surface area contributed by atoms with Gasteiger partial charge in [-0.1, -0.05) is 5.16 Å². The Balaban J connectivity index is 1.28. The lowest BCUT2D eigenvalue weighted by Crippen LogP contribution is -2.46. The van der Waals surface area contributed by atoms with Gasteiger partial charge in [0.1, 0.15) is 0 Å². The fourth-order valence-corrected chi connectivity index (χ4v) is 3.40. The second-order valence-corrected chi connectivity index (χ2v) is 6.48. The summed E-state index contributed by atoms with van der Waals surface area (Å²) in [5.41, 5.74) is 0. The molecule has 2 aliphatic rings. The molecule has 4 heterocycles. The Morgan fingerprint density at radius 1 is 1.20 bits per heavy atom. The van der Waals surface area contributed by atoms with E-state index in [9.17, 15) is 4.79 Å². The minimum Gasteiger partial charge on any atom is -0.461 e. The number of rotatable bonds is 4. The van der Waals surface area contributed by atoms with Gasteiger partial charge in [0.05, 0.1) is 26.0 Å². The number of aromatic nitrogens is 2. The number of furan rings is 1. The van der Waals surface area contributed by atoms with Crippen LogP contribution in [0.25, 0.3) is 11.6 Å². The number of nitrogens with zero attached hydrogens (tertiary/aromatic N) is 4. The molecule has 2 fully saturated rings. The highest BCUT2D eigenvalue weighted by molar-refractivity contribution is 5.79. The van der Waals surface area contributed by atoms with E-state index >= 15 is 0 Å². The van der Waals surface area contributed by atoms with Crippen molar-refractivity contribution in [2.75, 3.05) is 39.4 Å². The van der Waals surface area contributed by atoms with Crippen molar-refractivity contribution in [2.45, 2.75) is 19.4 Å². The monoisotopic (exact) mass is 346 g/mol. The van der Waals surface area contributed by atoms with E-state index in [0.29, 0.717) is 37.2 Å². The summed E-state index contributed by atoms with van der Waals surface area (Å²) in [6.45, 7) is 5.07. The average molecular weight is 346 g/mol. The standard InChI is InChI=1S/C17H22N4O4/c22-17(21-7-10-23-11-8-21)13-3-5-20(6-4-13)12-15-18-16(19-25-15)14-2-1-9-24-14/h1-2,9,13H,3-8,10-12H2. The first-order chi connectivity index (χ1) is 12.3. The van der Waals surface area contributed by atoms with E-state index < -0.39 is 0 Å². The van der Waals surface area contributed by atoms with Gasteiger partial charge in [0.2, 0.25) is 17.6 Å². The molecule has 0 saturated carbocycles. The second-order valence-electron chi connectivity index (χ2n) is 6.48. The van der Waals surface area contributed by atoms with Crippen LogP contribution in [-0.2, 0) is 16.1 Å². The fraction of sp³-hybridized carbons (Fsp3) is 0.588. The summed E-state index contributed by atoms with van der Waals surface area (Å²) in [4.78, 5) is 21.1. The molecular formula is C17H22N4O4. The average Bonchev–Trinajstić information content (AvgIpc) is 3.34. The molecule has 2 aliphatic heterocycles. The quantitative estimate of drug-likeness (QED) is 0.827. The molecular weight excluding hydrogens is 324 g/mol. The van der Waals surface area contributed by atoms with Crippen LogP contribution in [0.3, 0.4) is 0 Å². The molecule has 0 aliphatic carbocycles. The minimum atomic E-state index is 0.121. The van der Waals surface area contributed by atoms with Crippen LogP contribution in [0.2, 0.25) is 0 Å². The summed E-state index contributed by atoms with van der Waals surface area (Å²) >= 11 is 0. The van der Waals surface area contributed by atoms with Crippen molar-refractivity contribution in [2.24, 2.45) is 5.92 Å². The number of hydrogen-bond acceptors (Lipinski definition) is 7. The maximum Gasteiger partial charge on any atom is 0.241 e. The second kappa shape index (κ2) is 7.37. The lowest BCUT2D eigenvalue weighted by molar-refractivity contribution is -0.141. The summed E-state index contributed by atoms with van der Waals surface area (Å²) in [7, 11) is 0. The van der Waals surface area contributed by atoms with Gasteiger partial charge in [-0.2, -0.15) is 4.98 Å². The maximum atomic E-state index is 12.6. The van der Waals surface area contributed by atoms with Crippen molar-refractivity contribution >= 4 is 5.91 Å². The molecule has 0 bridgehead atoms. The summed E-state index contributed by atoms with van der Waals surface area (Å²) in [6, 6.07) is 3.60. The van der Waals surface area contributed by atoms with Gasteiger partial charge in [-0.25, -0.2) is 0 Å². The Bertz CT molecular complexity index is 685. The molecule has 2 aromatic rings. The van der Waals surface area contributed by atoms with Crippen LogP contribution >= 0.6 is 0 Å². The van der Waals surface area contributed by atoms with Crippen molar-refractivity contribution in [3.63, 3.8) is 0 Å². The van der Waals surface area contributed by atoms with Gasteiger partial charge in [0.15, 0.2) is 5.76 Å². The van der Waals surface area contributed by atoms with Crippen LogP contribution in [0, 0.1) is 5.92 Å². The van der Waals surface area contributed by atoms with E-state index in [1.165, 1.54) is 0 Å². The van der Waals surface area contributed by atoms with Gasteiger partial charge >= 0.3 is 0 Å². The molecule has 134 valence electrons. The number of piperidine rings is 1. The van der Waals surface area contributed by atoms with Gasteiger partial charge in [-0.15, -0.1) is 0 Å². The third kappa shape index (κ3) is 3.74. The van der Waals surface area contributed by atoms with Gasteiger partial charge in [0, 0.05) is 19.0 Å². The number of hydrogen-bond donors (Lipinski definition) is 0. The van der Waals surface area contributed by atoms with Crippen molar-refractivity contribution in [3.8, 4) is 11.6 Å². The first-order valence-corrected chi connectivity index (χ1v) is 8.75. The van der Waals surface area contributed by atoms with Crippen LogP contribution in [-0.4, -0.2) is 65.2 Å². The zero-order chi connectivity index (χ0) is 17.1. The summed E-state index contributed by atoms with van der Waals surface area (Å²) in [5, 5.41) is 3.95. The highest BCUT2D eigenvalue weighted by atomic mass is 16.5. The Kier molecular flexibility index (Phi) is 4.80. The van der Waals surface area contributed by atoms with Crippen LogP contribution in [0.1, 0.15) is 18.7 Å². The molecule has 0 aromatic carbocycles. The van der Waals surface area contributed by atoms with Crippen molar-refractivity contribution in [1.29, 1.82) is 0 Å². The lowest BCUT2D eigenvalue weighted by Gasteiger charge is -2.35. The molecule has 4 rings (SSSR count). The molecule has 1 amide bonds. The number of amides is 1. The van der Waals surface area contributed by atoms with E-state index in [0.717, 1.165) is 39.0 Å². The minimum absolute atomic E-state index is 0.121. The zero-order valence-corrected chi connectivity index (χ0v) is 14.1. The summed E-state index contributed by atoms with van der Waals surface area (Å²) < 4.78 is 15.9. The van der Waals surface area contributed by atoms with Gasteiger partial charge in [-0.05, 0) is 38.1 Å². The molecule has 0 spiro atoms. The smallest absolute Gasteiger partial charge is 0.241 e. The first-order valence-electron chi connectivity index (χ1n) is 8.75. The molecule has 0 radical (unpaired) electrons. The molecule has 2 aromatic heterocycles. The van der Waals surface area contributed by atoms with Crippen LogP contribution in [0.15, 0.2) is 27.3 Å². The predicted molar refractivity (Wildman–Crippen MR) is 87.4 cm³/mol. The van der Waals surface area contributed by atoms with E-state index in [2.05, 4.69) is 15.0 Å². The van der Waals surface area contributed by atoms with Crippen molar-refractivity contribution in [3.05, 3.63) is 24.3 Å². The van der Waals surface area contributed by atoms with Crippen molar-refractivity contribution < 1.29 is 18.5 Å². The molecule has 2 saturated heterocycles. The molecule has 8 heteroatoms. The lowest BCUT2D eigenvalue weighted by atomic mass is 9.95. The van der Waals surface area contributed by atoms with Crippen molar-refractivity contribution in [1.82, 2.24) is 19.9 Å². The van der Waals surface area contributed by atoms with E-state index in [-0.39, 0.29) is 11.8 Å². The van der Waals surface area contributed by atoms with Crippen LogP contribution < -0.4 is 0 Å². The normalized spacial score (nSPS) is 20.1. The number of carbonyl (C=O) groups is 1. The third-order valence-corrected chi connectivity index (χ3v) is 4.83. The van der Waals surface area contributed by atoms with Crippen LogP contribution in [0.4, 0.5) is 0 Å². The highest BCUT2D eigenvalue weighted by Gasteiger charge is 2.29. The Labute approximate surface area is 145 Å². The number of morpholine rings is 1. The number of carbonyl (C=O) groups excluding carboxylic acids is 1. The molecule has 0 N–H and O–H groups in total. The summed E-state index contributed by atoms with van der Waals surface area (Å²) in [5.74, 6) is 2.04. The third-order valence-electron chi connectivity index (χ3n) is 4.83. The largest absolute Gasteiger partial charge is 0.461 e. The molecule has 0 unspecified atom stereocenters. The summed E-state index contributed by atoms with van der Waals surface area (Å²) in [6.07, 6.45) is 3.33. The Morgan fingerprint density at radius 3 is 2.72 bits per heavy atom. The zero-order valence-electron chi connectivity index (χ0n) is 14.1. The SMILES string of the molecule is O=C(C1CCN(Cc2nc(-c3ccco3)no2)CC1)N1CCOCC1. The molecule has 25 heavy (non-hydrogen) atoms. The number of likely N-dealkylation sites (tertiary alicyclic amines) is 1. The van der Waals surface area contributed by atoms with Gasteiger partial charge in [-0.3, -0.25) is 9.69 Å². The molecule has 8 nitrogen and oxygen atoms in total. The maximum absolute atomic E-state index is 12.6.